The molecule has 1 saturated heterocycles. The first-order valence-corrected chi connectivity index (χ1v) is 6.05. The van der Waals surface area contributed by atoms with Crippen LogP contribution in [0.25, 0.3) is 0 Å². The van der Waals surface area contributed by atoms with Crippen molar-refractivity contribution in [2.75, 3.05) is 18.8 Å². The van der Waals surface area contributed by atoms with E-state index in [-0.39, 0.29) is 10.7 Å². The highest BCUT2D eigenvalue weighted by Gasteiger charge is 2.36. The molecule has 4 nitrogen and oxygen atoms in total. The maximum atomic E-state index is 11.7. The monoisotopic (exact) mass is 219 g/mol. The molecular formula is C9H17NO3S. The van der Waals surface area contributed by atoms with Gasteiger partial charge in [0.05, 0.1) is 5.25 Å². The third kappa shape index (κ3) is 2.47. The van der Waals surface area contributed by atoms with Crippen molar-refractivity contribution in [1.82, 2.24) is 4.90 Å². The largest absolute Gasteiger partial charge is 0.465 e. The van der Waals surface area contributed by atoms with Gasteiger partial charge >= 0.3 is 6.09 Å². The molecule has 0 aliphatic carbocycles. The maximum Gasteiger partial charge on any atom is 0.407 e. The normalized spacial score (nSPS) is 28.9. The highest BCUT2D eigenvalue weighted by molar-refractivity contribution is 7.85. The Bertz CT molecular complexity index is 259. The van der Waals surface area contributed by atoms with Gasteiger partial charge in [0.1, 0.15) is 0 Å². The molecule has 5 heteroatoms. The van der Waals surface area contributed by atoms with Crippen LogP contribution in [0.4, 0.5) is 4.79 Å². The molecule has 1 heterocycles. The average Bonchev–Trinajstić information content (AvgIpc) is 2.02. The molecular weight excluding hydrogens is 202 g/mol. The van der Waals surface area contributed by atoms with Crippen LogP contribution in [0.3, 0.4) is 0 Å². The van der Waals surface area contributed by atoms with Crippen molar-refractivity contribution in [2.24, 2.45) is 5.41 Å². The van der Waals surface area contributed by atoms with Crippen molar-refractivity contribution < 1.29 is 14.1 Å². The number of hydrogen-bond acceptors (Lipinski definition) is 2. The molecule has 0 bridgehead atoms. The second-order valence-electron chi connectivity index (χ2n) is 4.67. The van der Waals surface area contributed by atoms with Gasteiger partial charge < -0.3 is 10.0 Å². The van der Waals surface area contributed by atoms with Gasteiger partial charge in [-0.05, 0) is 5.41 Å². The van der Waals surface area contributed by atoms with Gasteiger partial charge in [0, 0.05) is 29.6 Å². The van der Waals surface area contributed by atoms with E-state index in [2.05, 4.69) is 0 Å². The fourth-order valence-electron chi connectivity index (χ4n) is 1.56. The molecule has 0 radical (unpaired) electrons. The van der Waals surface area contributed by atoms with Crippen LogP contribution in [0, 0.1) is 5.41 Å². The Morgan fingerprint density at radius 1 is 1.50 bits per heavy atom. The van der Waals surface area contributed by atoms with E-state index in [1.54, 1.807) is 0 Å². The van der Waals surface area contributed by atoms with E-state index in [4.69, 9.17) is 5.11 Å². The average molecular weight is 219 g/mol. The molecule has 0 aromatic carbocycles. The third-order valence-corrected chi connectivity index (χ3v) is 4.58. The molecule has 0 spiro atoms. The van der Waals surface area contributed by atoms with E-state index in [1.165, 1.54) is 4.90 Å². The van der Waals surface area contributed by atoms with Crippen molar-refractivity contribution >= 4 is 16.9 Å². The second kappa shape index (κ2) is 3.88. The maximum absolute atomic E-state index is 11.7. The SMILES string of the molecule is CC(C)(C)C1CN(C(=O)O)CCS1=O. The lowest BCUT2D eigenvalue weighted by atomic mass is 9.91. The summed E-state index contributed by atoms with van der Waals surface area (Å²) in [5, 5.41) is 8.79. The number of rotatable bonds is 0. The van der Waals surface area contributed by atoms with Gasteiger partial charge in [0.25, 0.3) is 0 Å². The van der Waals surface area contributed by atoms with Gasteiger partial charge in [-0.15, -0.1) is 0 Å². The lowest BCUT2D eigenvalue weighted by Gasteiger charge is -2.37. The van der Waals surface area contributed by atoms with Crippen LogP contribution in [-0.4, -0.2) is 44.4 Å². The highest BCUT2D eigenvalue weighted by Crippen LogP contribution is 2.27. The van der Waals surface area contributed by atoms with E-state index >= 15 is 0 Å². The quantitative estimate of drug-likeness (QED) is 0.664. The molecule has 2 atom stereocenters. The van der Waals surface area contributed by atoms with Gasteiger partial charge in [-0.2, -0.15) is 0 Å². The molecule has 14 heavy (non-hydrogen) atoms. The molecule has 1 amide bonds. The molecule has 1 N–H and O–H groups in total. The molecule has 82 valence electrons. The number of carbonyl (C=O) groups is 1. The second-order valence-corrected chi connectivity index (χ2v) is 6.41. The first-order valence-electron chi connectivity index (χ1n) is 4.67. The van der Waals surface area contributed by atoms with E-state index in [1.807, 2.05) is 20.8 Å². The topological polar surface area (TPSA) is 57.6 Å². The van der Waals surface area contributed by atoms with Crippen molar-refractivity contribution in [3.05, 3.63) is 0 Å². The van der Waals surface area contributed by atoms with Crippen LogP contribution in [0.15, 0.2) is 0 Å². The van der Waals surface area contributed by atoms with Gasteiger partial charge in [-0.3, -0.25) is 4.21 Å². The minimum atomic E-state index is -0.907. The summed E-state index contributed by atoms with van der Waals surface area (Å²) in [5.41, 5.74) is -0.0982. The molecule has 1 aliphatic rings. The summed E-state index contributed by atoms with van der Waals surface area (Å²) in [6.07, 6.45) is -0.907. The summed E-state index contributed by atoms with van der Waals surface area (Å²) in [6.45, 7) is 6.79. The Kier molecular flexibility index (Phi) is 3.19. The van der Waals surface area contributed by atoms with Crippen LogP contribution < -0.4 is 0 Å². The summed E-state index contributed by atoms with van der Waals surface area (Å²) in [7, 11) is -0.890. The van der Waals surface area contributed by atoms with E-state index < -0.39 is 16.9 Å². The van der Waals surface area contributed by atoms with Crippen LogP contribution in [0.5, 0.6) is 0 Å². The standard InChI is InChI=1S/C9H17NO3S/c1-9(2,3)7-6-10(8(11)12)4-5-14(7)13/h7H,4-6H2,1-3H3,(H,11,12). The lowest BCUT2D eigenvalue weighted by molar-refractivity contribution is 0.140. The zero-order chi connectivity index (χ0) is 10.9. The molecule has 0 aromatic heterocycles. The first-order chi connectivity index (χ1) is 6.32. The molecule has 0 aromatic rings. The van der Waals surface area contributed by atoms with Gasteiger partial charge in [-0.25, -0.2) is 4.79 Å². The molecule has 0 saturated carbocycles. The van der Waals surface area contributed by atoms with Gasteiger partial charge in [0.2, 0.25) is 0 Å². The van der Waals surface area contributed by atoms with E-state index in [0.29, 0.717) is 18.8 Å². The summed E-state index contributed by atoms with van der Waals surface area (Å²) in [5.74, 6) is 0.467. The van der Waals surface area contributed by atoms with E-state index in [9.17, 15) is 9.00 Å². The van der Waals surface area contributed by atoms with Crippen molar-refractivity contribution in [1.29, 1.82) is 0 Å². The summed E-state index contributed by atoms with van der Waals surface area (Å²) in [6, 6.07) is 0. The molecule has 1 fully saturated rings. The number of nitrogens with zero attached hydrogens (tertiary/aromatic N) is 1. The van der Waals surface area contributed by atoms with E-state index in [0.717, 1.165) is 0 Å². The van der Waals surface area contributed by atoms with Crippen LogP contribution in [-0.2, 0) is 10.8 Å². The highest BCUT2D eigenvalue weighted by atomic mass is 32.2. The Hall–Kier alpha value is -0.580. The summed E-state index contributed by atoms with van der Waals surface area (Å²) >= 11 is 0. The lowest BCUT2D eigenvalue weighted by Crippen LogP contribution is -2.51. The Balaban J connectivity index is 2.74. The van der Waals surface area contributed by atoms with Crippen LogP contribution in [0.2, 0.25) is 0 Å². The fourth-order valence-corrected chi connectivity index (χ4v) is 3.38. The van der Waals surface area contributed by atoms with Crippen molar-refractivity contribution in [3.8, 4) is 0 Å². The number of carboxylic acid groups (broad SMARTS) is 1. The van der Waals surface area contributed by atoms with Crippen molar-refractivity contribution in [3.63, 3.8) is 0 Å². The molecule has 1 aliphatic heterocycles. The predicted octanol–water partition coefficient (Wildman–Crippen LogP) is 1.14. The van der Waals surface area contributed by atoms with Gasteiger partial charge in [0.15, 0.2) is 0 Å². The molecule has 2 unspecified atom stereocenters. The van der Waals surface area contributed by atoms with Gasteiger partial charge in [-0.1, -0.05) is 20.8 Å². The summed E-state index contributed by atoms with van der Waals surface area (Å²) in [4.78, 5) is 12.1. The van der Waals surface area contributed by atoms with Crippen LogP contribution >= 0.6 is 0 Å². The Labute approximate surface area is 86.7 Å². The first kappa shape index (κ1) is 11.5. The fraction of sp³-hybridized carbons (Fsp3) is 0.889. The smallest absolute Gasteiger partial charge is 0.407 e. The summed E-state index contributed by atoms with van der Waals surface area (Å²) < 4.78 is 11.7. The third-order valence-electron chi connectivity index (χ3n) is 2.50. The predicted molar refractivity (Wildman–Crippen MR) is 55.9 cm³/mol. The zero-order valence-electron chi connectivity index (χ0n) is 8.82. The number of amides is 1. The Morgan fingerprint density at radius 3 is 2.50 bits per heavy atom. The minimum absolute atomic E-state index is 0.0488. The Morgan fingerprint density at radius 2 is 2.07 bits per heavy atom. The number of hydrogen-bond donors (Lipinski definition) is 1. The van der Waals surface area contributed by atoms with Crippen LogP contribution in [0.1, 0.15) is 20.8 Å². The van der Waals surface area contributed by atoms with Crippen molar-refractivity contribution in [2.45, 2.75) is 26.0 Å². The molecule has 1 rings (SSSR count). The zero-order valence-corrected chi connectivity index (χ0v) is 9.63. The minimum Gasteiger partial charge on any atom is -0.465 e.